The summed E-state index contributed by atoms with van der Waals surface area (Å²) in [4.78, 5) is 0. The first-order chi connectivity index (χ1) is 5.88. The molecule has 0 atom stereocenters. The monoisotopic (exact) mass is 242 g/mol. The van der Waals surface area contributed by atoms with Gasteiger partial charge in [-0.3, -0.25) is 0 Å². The highest BCUT2D eigenvalue weighted by Crippen LogP contribution is 2.22. The Morgan fingerprint density at radius 2 is 2.00 bits per heavy atom. The third-order valence-corrected chi connectivity index (χ3v) is 2.57. The topological polar surface area (TPSA) is 20.2 Å². The maximum Gasteiger partial charge on any atom is 0.0632 e. The minimum atomic E-state index is -0.641. The van der Waals surface area contributed by atoms with E-state index in [4.69, 9.17) is 0 Å². The van der Waals surface area contributed by atoms with Gasteiger partial charge in [0, 0.05) is 10.9 Å². The molecule has 0 aliphatic carbocycles. The number of rotatable bonds is 2. The summed E-state index contributed by atoms with van der Waals surface area (Å²) in [6.45, 7) is 5.69. The Balaban J connectivity index is 2.90. The second kappa shape index (κ2) is 3.81. The van der Waals surface area contributed by atoms with Gasteiger partial charge in [-0.05, 0) is 38.0 Å². The standard InChI is InChI=1S/C11H15BrO/c1-8-4-5-9(10(12)6-8)7-11(2,3)13/h4-6,13H,7H2,1-3H3. The Labute approximate surface area is 87.9 Å². The summed E-state index contributed by atoms with van der Waals surface area (Å²) in [6.07, 6.45) is 0.674. The van der Waals surface area contributed by atoms with Crippen LogP contribution in [0.15, 0.2) is 22.7 Å². The zero-order chi connectivity index (χ0) is 10.1. The largest absolute Gasteiger partial charge is 0.390 e. The smallest absolute Gasteiger partial charge is 0.0632 e. The molecule has 13 heavy (non-hydrogen) atoms. The van der Waals surface area contributed by atoms with E-state index in [0.29, 0.717) is 6.42 Å². The van der Waals surface area contributed by atoms with Crippen LogP contribution in [0.2, 0.25) is 0 Å². The first-order valence-corrected chi connectivity index (χ1v) is 5.15. The molecule has 0 aliphatic rings. The van der Waals surface area contributed by atoms with Crippen molar-refractivity contribution in [2.45, 2.75) is 32.8 Å². The van der Waals surface area contributed by atoms with E-state index in [9.17, 15) is 5.11 Å². The molecule has 1 rings (SSSR count). The molecule has 0 aliphatic heterocycles. The van der Waals surface area contributed by atoms with E-state index in [1.54, 1.807) is 0 Å². The van der Waals surface area contributed by atoms with Crippen LogP contribution >= 0.6 is 15.9 Å². The molecule has 0 heterocycles. The van der Waals surface area contributed by atoms with Gasteiger partial charge in [0.05, 0.1) is 5.60 Å². The van der Waals surface area contributed by atoms with Gasteiger partial charge in [0.15, 0.2) is 0 Å². The molecule has 72 valence electrons. The molecule has 1 aromatic carbocycles. The van der Waals surface area contributed by atoms with E-state index in [2.05, 4.69) is 41.1 Å². The first-order valence-electron chi connectivity index (χ1n) is 4.36. The molecule has 1 nitrogen and oxygen atoms in total. The van der Waals surface area contributed by atoms with Crippen molar-refractivity contribution in [1.82, 2.24) is 0 Å². The molecular weight excluding hydrogens is 228 g/mol. The van der Waals surface area contributed by atoms with Crippen LogP contribution in [0.25, 0.3) is 0 Å². The molecule has 0 bridgehead atoms. The van der Waals surface area contributed by atoms with Crippen LogP contribution < -0.4 is 0 Å². The molecule has 0 unspecified atom stereocenters. The lowest BCUT2D eigenvalue weighted by atomic mass is 9.98. The highest BCUT2D eigenvalue weighted by molar-refractivity contribution is 9.10. The number of aryl methyl sites for hydroxylation is 1. The first kappa shape index (κ1) is 10.7. The number of benzene rings is 1. The summed E-state index contributed by atoms with van der Waals surface area (Å²) in [6, 6.07) is 6.18. The van der Waals surface area contributed by atoms with Gasteiger partial charge in [-0.2, -0.15) is 0 Å². The molecule has 0 aromatic heterocycles. The van der Waals surface area contributed by atoms with E-state index in [0.717, 1.165) is 10.0 Å². The normalized spacial score (nSPS) is 11.8. The average molecular weight is 243 g/mol. The van der Waals surface area contributed by atoms with Crippen molar-refractivity contribution in [3.05, 3.63) is 33.8 Å². The quantitative estimate of drug-likeness (QED) is 0.846. The maximum absolute atomic E-state index is 9.64. The van der Waals surface area contributed by atoms with E-state index in [1.807, 2.05) is 13.8 Å². The van der Waals surface area contributed by atoms with Crippen molar-refractivity contribution in [2.24, 2.45) is 0 Å². The predicted octanol–water partition coefficient (Wildman–Crippen LogP) is 3.07. The SMILES string of the molecule is Cc1ccc(CC(C)(C)O)c(Br)c1. The van der Waals surface area contributed by atoms with Gasteiger partial charge in [-0.25, -0.2) is 0 Å². The van der Waals surface area contributed by atoms with E-state index < -0.39 is 5.60 Å². The van der Waals surface area contributed by atoms with Crippen LogP contribution in [0.1, 0.15) is 25.0 Å². The van der Waals surface area contributed by atoms with Crippen molar-refractivity contribution in [2.75, 3.05) is 0 Å². The highest BCUT2D eigenvalue weighted by Gasteiger charge is 2.14. The number of hydrogen-bond acceptors (Lipinski definition) is 1. The lowest BCUT2D eigenvalue weighted by Crippen LogP contribution is -2.22. The second-order valence-corrected chi connectivity index (χ2v) is 4.94. The van der Waals surface area contributed by atoms with Crippen molar-refractivity contribution in [3.63, 3.8) is 0 Å². The van der Waals surface area contributed by atoms with Gasteiger partial charge >= 0.3 is 0 Å². The predicted molar refractivity (Wildman–Crippen MR) is 58.9 cm³/mol. The fourth-order valence-corrected chi connectivity index (χ4v) is 1.90. The molecule has 0 amide bonds. The Kier molecular flexibility index (Phi) is 3.14. The Hall–Kier alpha value is -0.340. The van der Waals surface area contributed by atoms with Crippen molar-refractivity contribution in [1.29, 1.82) is 0 Å². The van der Waals surface area contributed by atoms with Gasteiger partial charge < -0.3 is 5.11 Å². The molecule has 0 saturated carbocycles. The lowest BCUT2D eigenvalue weighted by Gasteiger charge is -2.18. The zero-order valence-electron chi connectivity index (χ0n) is 8.26. The summed E-state index contributed by atoms with van der Waals surface area (Å²) in [5, 5.41) is 9.64. The maximum atomic E-state index is 9.64. The average Bonchev–Trinajstić information content (AvgIpc) is 1.93. The van der Waals surface area contributed by atoms with Crippen LogP contribution in [-0.2, 0) is 6.42 Å². The summed E-state index contributed by atoms with van der Waals surface area (Å²) < 4.78 is 1.08. The van der Waals surface area contributed by atoms with Crippen LogP contribution in [0.3, 0.4) is 0 Å². The van der Waals surface area contributed by atoms with E-state index in [1.165, 1.54) is 5.56 Å². The van der Waals surface area contributed by atoms with Gasteiger partial charge in [0.2, 0.25) is 0 Å². The molecule has 0 spiro atoms. The summed E-state index contributed by atoms with van der Waals surface area (Å²) in [5.74, 6) is 0. The molecule has 1 N–H and O–H groups in total. The number of halogens is 1. The molecule has 2 heteroatoms. The molecule has 0 saturated heterocycles. The van der Waals surface area contributed by atoms with Gasteiger partial charge in [-0.1, -0.05) is 28.1 Å². The van der Waals surface area contributed by atoms with E-state index >= 15 is 0 Å². The lowest BCUT2D eigenvalue weighted by molar-refractivity contribution is 0.0808. The third kappa shape index (κ3) is 3.49. The molecule has 1 aromatic rings. The minimum absolute atomic E-state index is 0.641. The zero-order valence-corrected chi connectivity index (χ0v) is 9.85. The second-order valence-electron chi connectivity index (χ2n) is 4.08. The molecular formula is C11H15BrO. The third-order valence-electron chi connectivity index (χ3n) is 1.83. The summed E-state index contributed by atoms with van der Waals surface area (Å²) in [5.41, 5.74) is 1.74. The van der Waals surface area contributed by atoms with Crippen LogP contribution in [0, 0.1) is 6.92 Å². The summed E-state index contributed by atoms with van der Waals surface area (Å²) in [7, 11) is 0. The molecule has 0 fully saturated rings. The molecule has 0 radical (unpaired) electrons. The van der Waals surface area contributed by atoms with Gasteiger partial charge in [0.25, 0.3) is 0 Å². The van der Waals surface area contributed by atoms with Crippen molar-refractivity contribution >= 4 is 15.9 Å². The number of hydrogen-bond donors (Lipinski definition) is 1. The van der Waals surface area contributed by atoms with Gasteiger partial charge in [0.1, 0.15) is 0 Å². The van der Waals surface area contributed by atoms with E-state index in [-0.39, 0.29) is 0 Å². The minimum Gasteiger partial charge on any atom is -0.390 e. The fourth-order valence-electron chi connectivity index (χ4n) is 1.26. The van der Waals surface area contributed by atoms with Gasteiger partial charge in [-0.15, -0.1) is 0 Å². The Bertz CT molecular complexity index is 299. The van der Waals surface area contributed by atoms with Crippen LogP contribution in [0.4, 0.5) is 0 Å². The number of aliphatic hydroxyl groups is 1. The van der Waals surface area contributed by atoms with Crippen LogP contribution in [-0.4, -0.2) is 10.7 Å². The Morgan fingerprint density at radius 1 is 1.38 bits per heavy atom. The Morgan fingerprint density at radius 3 is 2.46 bits per heavy atom. The van der Waals surface area contributed by atoms with Crippen LogP contribution in [0.5, 0.6) is 0 Å². The summed E-state index contributed by atoms with van der Waals surface area (Å²) >= 11 is 3.49. The fraction of sp³-hybridized carbons (Fsp3) is 0.455. The highest BCUT2D eigenvalue weighted by atomic mass is 79.9. The van der Waals surface area contributed by atoms with Crippen molar-refractivity contribution < 1.29 is 5.11 Å². The van der Waals surface area contributed by atoms with Crippen molar-refractivity contribution in [3.8, 4) is 0 Å².